The fraction of sp³-hybridized carbons (Fsp3) is 0.875. The standard InChI is InChI=1S/C16H28N2/c1-15(2,3)16(4)9-6-5-7-14-13(8-10-16)11-17-12-18-14/h11-14H,5-10H2,1-4H3. The van der Waals surface area contributed by atoms with Crippen LogP contribution in [0.5, 0.6) is 0 Å². The summed E-state index contributed by atoms with van der Waals surface area (Å²) >= 11 is 0. The molecule has 0 aromatic carbocycles. The molecule has 18 heavy (non-hydrogen) atoms. The monoisotopic (exact) mass is 248 g/mol. The molecular formula is C16H28N2. The molecule has 2 heteroatoms. The lowest BCUT2D eigenvalue weighted by atomic mass is 9.62. The van der Waals surface area contributed by atoms with Crippen LogP contribution in [0.3, 0.4) is 0 Å². The van der Waals surface area contributed by atoms with Crippen molar-refractivity contribution in [2.24, 2.45) is 26.7 Å². The molecule has 1 fully saturated rings. The van der Waals surface area contributed by atoms with Crippen molar-refractivity contribution in [1.82, 2.24) is 0 Å². The Hall–Kier alpha value is -0.660. The van der Waals surface area contributed by atoms with E-state index < -0.39 is 0 Å². The summed E-state index contributed by atoms with van der Waals surface area (Å²) in [5.41, 5.74) is 0.846. The van der Waals surface area contributed by atoms with E-state index >= 15 is 0 Å². The van der Waals surface area contributed by atoms with Crippen molar-refractivity contribution >= 4 is 12.6 Å². The Bertz CT molecular complexity index is 337. The maximum absolute atomic E-state index is 4.58. The minimum absolute atomic E-state index is 0.391. The average molecular weight is 248 g/mol. The highest BCUT2D eigenvalue weighted by Crippen LogP contribution is 2.47. The van der Waals surface area contributed by atoms with Gasteiger partial charge in [-0.25, -0.2) is 4.99 Å². The molecule has 0 aromatic heterocycles. The molecule has 3 unspecified atom stereocenters. The number of hydrogen-bond acceptors (Lipinski definition) is 2. The predicted octanol–water partition coefficient (Wildman–Crippen LogP) is 4.49. The lowest BCUT2D eigenvalue weighted by molar-refractivity contribution is 0.0783. The molecular weight excluding hydrogens is 220 g/mol. The second-order valence-electron chi connectivity index (χ2n) is 7.39. The van der Waals surface area contributed by atoms with Gasteiger partial charge in [0, 0.05) is 12.1 Å². The van der Waals surface area contributed by atoms with Gasteiger partial charge in [-0.3, -0.25) is 4.99 Å². The van der Waals surface area contributed by atoms with Gasteiger partial charge in [-0.05, 0) is 36.5 Å². The van der Waals surface area contributed by atoms with Gasteiger partial charge >= 0.3 is 0 Å². The first kappa shape index (κ1) is 13.8. The zero-order chi connectivity index (χ0) is 13.2. The first-order chi connectivity index (χ1) is 8.42. The first-order valence-corrected chi connectivity index (χ1v) is 7.47. The van der Waals surface area contributed by atoms with Gasteiger partial charge < -0.3 is 0 Å². The van der Waals surface area contributed by atoms with Gasteiger partial charge in [-0.15, -0.1) is 0 Å². The zero-order valence-corrected chi connectivity index (χ0v) is 12.4. The van der Waals surface area contributed by atoms with E-state index in [1.54, 1.807) is 6.34 Å². The SMILES string of the molecule is CC(C)(C)C1(C)CCCCC2N=CN=CC2CC1. The van der Waals surface area contributed by atoms with Crippen LogP contribution >= 0.6 is 0 Å². The van der Waals surface area contributed by atoms with Crippen molar-refractivity contribution in [2.75, 3.05) is 0 Å². The molecule has 2 nitrogen and oxygen atoms in total. The third kappa shape index (κ3) is 2.84. The van der Waals surface area contributed by atoms with Crippen molar-refractivity contribution in [3.05, 3.63) is 0 Å². The molecule has 102 valence electrons. The van der Waals surface area contributed by atoms with E-state index in [4.69, 9.17) is 0 Å². The molecule has 1 aliphatic heterocycles. The van der Waals surface area contributed by atoms with Crippen LogP contribution < -0.4 is 0 Å². The quantitative estimate of drug-likeness (QED) is 0.603. The maximum atomic E-state index is 4.58. The minimum atomic E-state index is 0.391. The molecule has 0 bridgehead atoms. The van der Waals surface area contributed by atoms with Crippen LogP contribution in [0.15, 0.2) is 9.98 Å². The van der Waals surface area contributed by atoms with Crippen LogP contribution in [0.4, 0.5) is 0 Å². The van der Waals surface area contributed by atoms with Crippen molar-refractivity contribution in [3.63, 3.8) is 0 Å². The molecule has 0 N–H and O–H groups in total. The van der Waals surface area contributed by atoms with Crippen molar-refractivity contribution < 1.29 is 0 Å². The Balaban J connectivity index is 2.12. The summed E-state index contributed by atoms with van der Waals surface area (Å²) in [5.74, 6) is 0.578. The summed E-state index contributed by atoms with van der Waals surface area (Å²) in [5, 5.41) is 0. The Labute approximate surface area is 112 Å². The third-order valence-electron chi connectivity index (χ3n) is 5.42. The lowest BCUT2D eigenvalue weighted by Crippen LogP contribution is -2.33. The van der Waals surface area contributed by atoms with E-state index in [-0.39, 0.29) is 0 Å². The van der Waals surface area contributed by atoms with E-state index in [0.29, 0.717) is 22.8 Å². The normalized spacial score (nSPS) is 37.6. The van der Waals surface area contributed by atoms with Gasteiger partial charge in [-0.2, -0.15) is 0 Å². The Morgan fingerprint density at radius 3 is 2.61 bits per heavy atom. The first-order valence-electron chi connectivity index (χ1n) is 7.47. The van der Waals surface area contributed by atoms with E-state index in [2.05, 4.69) is 43.9 Å². The van der Waals surface area contributed by atoms with Crippen LogP contribution in [-0.4, -0.2) is 18.6 Å². The minimum Gasteiger partial charge on any atom is -0.270 e. The maximum Gasteiger partial charge on any atom is 0.109 e. The number of hydrogen-bond donors (Lipinski definition) is 0. The van der Waals surface area contributed by atoms with Gasteiger partial charge in [0.15, 0.2) is 0 Å². The molecule has 0 radical (unpaired) electrons. The summed E-state index contributed by atoms with van der Waals surface area (Å²) in [6.45, 7) is 9.68. The summed E-state index contributed by atoms with van der Waals surface area (Å²) < 4.78 is 0. The topological polar surface area (TPSA) is 24.7 Å². The molecule has 1 saturated carbocycles. The van der Waals surface area contributed by atoms with Crippen molar-refractivity contribution in [2.45, 2.75) is 72.3 Å². The molecule has 0 aromatic rings. The molecule has 0 spiro atoms. The van der Waals surface area contributed by atoms with Crippen LogP contribution in [0.25, 0.3) is 0 Å². The fourth-order valence-electron chi connectivity index (χ4n) is 3.27. The number of aliphatic imine (C=N–C) groups is 2. The smallest absolute Gasteiger partial charge is 0.109 e. The molecule has 2 rings (SSSR count). The largest absolute Gasteiger partial charge is 0.270 e. The zero-order valence-electron chi connectivity index (χ0n) is 12.4. The van der Waals surface area contributed by atoms with E-state index in [1.807, 2.05) is 0 Å². The molecule has 0 amide bonds. The second kappa shape index (κ2) is 5.14. The number of nitrogens with zero attached hydrogens (tertiary/aromatic N) is 2. The van der Waals surface area contributed by atoms with Crippen LogP contribution in [0, 0.1) is 16.7 Å². The highest BCUT2D eigenvalue weighted by atomic mass is 14.9. The number of fused-ring (bicyclic) bond motifs is 1. The summed E-state index contributed by atoms with van der Waals surface area (Å²) in [6.07, 6.45) is 11.7. The molecule has 2 aliphatic rings. The third-order valence-corrected chi connectivity index (χ3v) is 5.42. The van der Waals surface area contributed by atoms with Crippen LogP contribution in [0.2, 0.25) is 0 Å². The Morgan fingerprint density at radius 1 is 1.11 bits per heavy atom. The average Bonchev–Trinajstić information content (AvgIpc) is 2.39. The highest BCUT2D eigenvalue weighted by molar-refractivity contribution is 5.77. The Kier molecular flexibility index (Phi) is 3.93. The van der Waals surface area contributed by atoms with Gasteiger partial charge in [0.1, 0.15) is 6.34 Å². The number of rotatable bonds is 0. The van der Waals surface area contributed by atoms with Gasteiger partial charge in [0.05, 0.1) is 6.04 Å². The van der Waals surface area contributed by atoms with E-state index in [9.17, 15) is 0 Å². The molecule has 1 aliphatic carbocycles. The summed E-state index contributed by atoms with van der Waals surface area (Å²) in [4.78, 5) is 8.84. The predicted molar refractivity (Wildman–Crippen MR) is 79.5 cm³/mol. The Morgan fingerprint density at radius 2 is 1.89 bits per heavy atom. The van der Waals surface area contributed by atoms with Crippen LogP contribution in [-0.2, 0) is 0 Å². The van der Waals surface area contributed by atoms with Gasteiger partial charge in [-0.1, -0.05) is 40.5 Å². The summed E-state index contributed by atoms with van der Waals surface area (Å²) in [6, 6.07) is 0.504. The second-order valence-corrected chi connectivity index (χ2v) is 7.39. The lowest BCUT2D eigenvalue weighted by Gasteiger charge is -2.43. The molecule has 3 atom stereocenters. The van der Waals surface area contributed by atoms with E-state index in [1.165, 1.54) is 38.5 Å². The van der Waals surface area contributed by atoms with Crippen LogP contribution in [0.1, 0.15) is 66.2 Å². The van der Waals surface area contributed by atoms with Gasteiger partial charge in [0.2, 0.25) is 0 Å². The van der Waals surface area contributed by atoms with Crippen molar-refractivity contribution in [1.29, 1.82) is 0 Å². The van der Waals surface area contributed by atoms with E-state index in [0.717, 1.165) is 0 Å². The van der Waals surface area contributed by atoms with Gasteiger partial charge in [0.25, 0.3) is 0 Å². The highest BCUT2D eigenvalue weighted by Gasteiger charge is 2.38. The summed E-state index contributed by atoms with van der Waals surface area (Å²) in [7, 11) is 0. The molecule has 0 saturated heterocycles. The van der Waals surface area contributed by atoms with Crippen molar-refractivity contribution in [3.8, 4) is 0 Å². The molecule has 1 heterocycles. The fourth-order valence-corrected chi connectivity index (χ4v) is 3.27.